The number of anilines is 1. The van der Waals surface area contributed by atoms with Gasteiger partial charge in [0.2, 0.25) is 0 Å². The molecule has 0 aliphatic heterocycles. The maximum Gasteiger partial charge on any atom is 0.179 e. The van der Waals surface area contributed by atoms with Gasteiger partial charge in [-0.1, -0.05) is 24.3 Å². The van der Waals surface area contributed by atoms with Gasteiger partial charge in [-0.2, -0.15) is 4.68 Å². The van der Waals surface area contributed by atoms with Gasteiger partial charge in [0.25, 0.3) is 0 Å². The van der Waals surface area contributed by atoms with Crippen molar-refractivity contribution in [2.75, 3.05) is 5.73 Å². The van der Waals surface area contributed by atoms with Crippen LogP contribution in [0, 0.1) is 0 Å². The summed E-state index contributed by atoms with van der Waals surface area (Å²) in [6.07, 6.45) is 2.62. The molecule has 5 heteroatoms. The lowest BCUT2D eigenvalue weighted by atomic mass is 10.1. The van der Waals surface area contributed by atoms with Gasteiger partial charge in [-0.3, -0.25) is 0 Å². The maximum atomic E-state index is 6.12. The molecule has 5 nitrogen and oxygen atoms in total. The first kappa shape index (κ1) is 10.7. The number of nitrogens with zero attached hydrogens (tertiary/aromatic N) is 4. The Labute approximate surface area is 104 Å². The van der Waals surface area contributed by atoms with Crippen LogP contribution in [0.1, 0.15) is 12.5 Å². The first-order valence-electron chi connectivity index (χ1n) is 5.85. The van der Waals surface area contributed by atoms with E-state index < -0.39 is 0 Å². The van der Waals surface area contributed by atoms with Crippen molar-refractivity contribution >= 4 is 16.7 Å². The number of aromatic nitrogens is 4. The fourth-order valence-corrected chi connectivity index (χ4v) is 2.00. The van der Waals surface area contributed by atoms with Crippen LogP contribution in [-0.2, 0) is 6.42 Å². The molecule has 0 radical (unpaired) electrons. The number of aryl methyl sites for hydroxylation is 1. The molecule has 3 rings (SSSR count). The molecule has 2 heterocycles. The summed E-state index contributed by atoms with van der Waals surface area (Å²) >= 11 is 0. The Morgan fingerprint density at radius 3 is 2.89 bits per heavy atom. The first-order chi connectivity index (χ1) is 8.81. The van der Waals surface area contributed by atoms with E-state index in [2.05, 4.69) is 22.2 Å². The molecular weight excluding hydrogens is 226 g/mol. The molecule has 0 aliphatic carbocycles. The van der Waals surface area contributed by atoms with E-state index in [0.29, 0.717) is 11.5 Å². The Kier molecular flexibility index (Phi) is 2.44. The molecule has 0 aliphatic rings. The van der Waals surface area contributed by atoms with Crippen molar-refractivity contribution < 1.29 is 0 Å². The molecule has 90 valence electrons. The van der Waals surface area contributed by atoms with Gasteiger partial charge in [-0.25, -0.2) is 4.98 Å². The van der Waals surface area contributed by atoms with Crippen LogP contribution in [0.25, 0.3) is 16.9 Å². The lowest BCUT2D eigenvalue weighted by Gasteiger charge is -2.08. The minimum absolute atomic E-state index is 0.642. The van der Waals surface area contributed by atoms with Crippen LogP contribution in [0.3, 0.4) is 0 Å². The van der Waals surface area contributed by atoms with Gasteiger partial charge in [-0.15, -0.1) is 5.10 Å². The van der Waals surface area contributed by atoms with Gasteiger partial charge in [-0.05, 0) is 30.2 Å². The first-order valence-corrected chi connectivity index (χ1v) is 5.85. The largest absolute Gasteiger partial charge is 0.395 e. The SMILES string of the molecule is CCc1ccnc(-n2nnc3ccccc32)c1N. The van der Waals surface area contributed by atoms with Crippen LogP contribution in [0.15, 0.2) is 36.5 Å². The van der Waals surface area contributed by atoms with Crippen molar-refractivity contribution in [2.45, 2.75) is 13.3 Å². The Morgan fingerprint density at radius 2 is 2.06 bits per heavy atom. The molecule has 1 aromatic carbocycles. The maximum absolute atomic E-state index is 6.12. The highest BCUT2D eigenvalue weighted by atomic mass is 15.4. The van der Waals surface area contributed by atoms with E-state index in [1.54, 1.807) is 10.9 Å². The van der Waals surface area contributed by atoms with Crippen LogP contribution in [-0.4, -0.2) is 20.0 Å². The zero-order chi connectivity index (χ0) is 12.5. The molecule has 3 aromatic rings. The topological polar surface area (TPSA) is 69.6 Å². The third kappa shape index (κ3) is 1.52. The van der Waals surface area contributed by atoms with Crippen molar-refractivity contribution in [2.24, 2.45) is 0 Å². The fraction of sp³-hybridized carbons (Fsp3) is 0.154. The van der Waals surface area contributed by atoms with Gasteiger partial charge in [0.05, 0.1) is 11.2 Å². The van der Waals surface area contributed by atoms with Crippen LogP contribution in [0.4, 0.5) is 5.69 Å². The fourth-order valence-electron chi connectivity index (χ4n) is 2.00. The summed E-state index contributed by atoms with van der Waals surface area (Å²) in [5, 5.41) is 8.24. The Morgan fingerprint density at radius 1 is 1.22 bits per heavy atom. The number of nitrogens with two attached hydrogens (primary N) is 1. The van der Waals surface area contributed by atoms with Crippen molar-refractivity contribution in [3.05, 3.63) is 42.1 Å². The Bertz CT molecular complexity index is 701. The standard InChI is InChI=1S/C13H13N5/c1-2-9-7-8-15-13(12(9)14)18-11-6-4-3-5-10(11)16-17-18/h3-8H,2,14H2,1H3. The smallest absolute Gasteiger partial charge is 0.179 e. The molecule has 0 unspecified atom stereocenters. The zero-order valence-corrected chi connectivity index (χ0v) is 10.0. The number of fused-ring (bicyclic) bond motifs is 1. The number of benzene rings is 1. The average Bonchev–Trinajstić information content (AvgIpc) is 2.83. The molecule has 0 amide bonds. The monoisotopic (exact) mass is 239 g/mol. The van der Waals surface area contributed by atoms with Gasteiger partial charge in [0.15, 0.2) is 5.82 Å². The second-order valence-electron chi connectivity index (χ2n) is 4.05. The van der Waals surface area contributed by atoms with E-state index in [9.17, 15) is 0 Å². The Balaban J connectivity index is 2.26. The number of hydrogen-bond acceptors (Lipinski definition) is 4. The molecule has 0 saturated heterocycles. The van der Waals surface area contributed by atoms with E-state index in [4.69, 9.17) is 5.73 Å². The minimum atomic E-state index is 0.642. The normalized spacial score (nSPS) is 10.9. The number of pyridine rings is 1. The summed E-state index contributed by atoms with van der Waals surface area (Å²) < 4.78 is 1.68. The summed E-state index contributed by atoms with van der Waals surface area (Å²) in [7, 11) is 0. The molecule has 0 spiro atoms. The van der Waals surface area contributed by atoms with E-state index in [1.807, 2.05) is 30.3 Å². The van der Waals surface area contributed by atoms with Crippen LogP contribution in [0.2, 0.25) is 0 Å². The predicted molar refractivity (Wildman–Crippen MR) is 70.5 cm³/mol. The van der Waals surface area contributed by atoms with Crippen molar-refractivity contribution in [1.29, 1.82) is 0 Å². The molecule has 0 atom stereocenters. The lowest BCUT2D eigenvalue weighted by Crippen LogP contribution is -2.06. The van der Waals surface area contributed by atoms with Crippen LogP contribution in [0.5, 0.6) is 0 Å². The Hall–Kier alpha value is -2.43. The van der Waals surface area contributed by atoms with E-state index in [0.717, 1.165) is 23.0 Å². The van der Waals surface area contributed by atoms with Crippen molar-refractivity contribution in [1.82, 2.24) is 20.0 Å². The summed E-state index contributed by atoms with van der Waals surface area (Å²) in [4.78, 5) is 4.31. The molecule has 0 bridgehead atoms. The summed E-state index contributed by atoms with van der Waals surface area (Å²) in [5.74, 6) is 0.642. The van der Waals surface area contributed by atoms with E-state index in [1.165, 1.54) is 0 Å². The molecule has 2 aromatic heterocycles. The van der Waals surface area contributed by atoms with Crippen molar-refractivity contribution in [3.63, 3.8) is 0 Å². The van der Waals surface area contributed by atoms with Crippen LogP contribution < -0.4 is 5.73 Å². The lowest BCUT2D eigenvalue weighted by molar-refractivity contribution is 0.801. The minimum Gasteiger partial charge on any atom is -0.395 e. The van der Waals surface area contributed by atoms with Crippen LogP contribution >= 0.6 is 0 Å². The second-order valence-corrected chi connectivity index (χ2v) is 4.05. The van der Waals surface area contributed by atoms with Gasteiger partial charge in [0.1, 0.15) is 5.52 Å². The highest BCUT2D eigenvalue weighted by Gasteiger charge is 2.11. The highest BCUT2D eigenvalue weighted by Crippen LogP contribution is 2.22. The van der Waals surface area contributed by atoms with E-state index >= 15 is 0 Å². The summed E-state index contributed by atoms with van der Waals surface area (Å²) in [6.45, 7) is 2.06. The van der Waals surface area contributed by atoms with E-state index in [-0.39, 0.29) is 0 Å². The average molecular weight is 239 g/mol. The van der Waals surface area contributed by atoms with Gasteiger partial charge < -0.3 is 5.73 Å². The van der Waals surface area contributed by atoms with Gasteiger partial charge >= 0.3 is 0 Å². The quantitative estimate of drug-likeness (QED) is 0.742. The predicted octanol–water partition coefficient (Wildman–Crippen LogP) is 1.96. The number of rotatable bonds is 2. The summed E-state index contributed by atoms with van der Waals surface area (Å²) in [6, 6.07) is 9.67. The third-order valence-electron chi connectivity index (χ3n) is 2.99. The molecule has 0 fully saturated rings. The highest BCUT2D eigenvalue weighted by molar-refractivity contribution is 5.77. The number of nitrogen functional groups attached to an aromatic ring is 1. The summed E-state index contributed by atoms with van der Waals surface area (Å²) in [5.41, 5.74) is 9.60. The second kappa shape index (κ2) is 4.10. The number of hydrogen-bond donors (Lipinski definition) is 1. The number of para-hydroxylation sites is 1. The molecule has 18 heavy (non-hydrogen) atoms. The molecule has 0 saturated carbocycles. The molecular formula is C13H13N5. The van der Waals surface area contributed by atoms with Crippen molar-refractivity contribution in [3.8, 4) is 5.82 Å². The van der Waals surface area contributed by atoms with Gasteiger partial charge in [0, 0.05) is 6.20 Å². The molecule has 2 N–H and O–H groups in total. The zero-order valence-electron chi connectivity index (χ0n) is 10.0. The third-order valence-corrected chi connectivity index (χ3v) is 2.99.